The zero-order valence-electron chi connectivity index (χ0n) is 11.2. The Hall–Kier alpha value is -1.20. The van der Waals surface area contributed by atoms with E-state index in [0.29, 0.717) is 19.3 Å². The number of hydrogen-bond acceptors (Lipinski definition) is 4. The summed E-state index contributed by atoms with van der Waals surface area (Å²) in [6.45, 7) is 2.42. The molecule has 1 saturated heterocycles. The Kier molecular flexibility index (Phi) is 3.32. The summed E-state index contributed by atoms with van der Waals surface area (Å²) in [6.07, 6.45) is 0.950. The Balaban J connectivity index is 1.65. The highest BCUT2D eigenvalue weighted by molar-refractivity contribution is 7.10. The molecule has 2 aliphatic rings. The third-order valence-electron chi connectivity index (χ3n) is 3.94. The highest BCUT2D eigenvalue weighted by atomic mass is 32.1. The van der Waals surface area contributed by atoms with Crippen LogP contribution in [0.2, 0.25) is 0 Å². The van der Waals surface area contributed by atoms with Crippen LogP contribution in [0.5, 0.6) is 0 Å². The average molecular weight is 287 g/mol. The second-order valence-corrected chi connectivity index (χ2v) is 6.13. The van der Waals surface area contributed by atoms with E-state index in [2.05, 4.69) is 41.0 Å². The second-order valence-electron chi connectivity index (χ2n) is 5.19. The van der Waals surface area contributed by atoms with Gasteiger partial charge in [-0.2, -0.15) is 0 Å². The Morgan fingerprint density at radius 2 is 2.00 bits per heavy atom. The number of nitrogens with one attached hydrogen (secondary N) is 1. The van der Waals surface area contributed by atoms with Crippen molar-refractivity contribution in [3.05, 3.63) is 57.3 Å². The van der Waals surface area contributed by atoms with Crippen LogP contribution in [0.15, 0.2) is 35.7 Å². The quantitative estimate of drug-likeness (QED) is 0.921. The molecule has 0 spiro atoms. The van der Waals surface area contributed by atoms with Gasteiger partial charge in [-0.25, -0.2) is 0 Å². The molecule has 1 unspecified atom stereocenters. The maximum Gasteiger partial charge on any atom is 0.193 e. The molecule has 1 aromatic carbocycles. The lowest BCUT2D eigenvalue weighted by Crippen LogP contribution is -2.30. The van der Waals surface area contributed by atoms with Crippen LogP contribution in [0.1, 0.15) is 33.9 Å². The highest BCUT2D eigenvalue weighted by Gasteiger charge is 2.25. The molecule has 3 nitrogen and oxygen atoms in total. The summed E-state index contributed by atoms with van der Waals surface area (Å²) in [4.78, 5) is 1.17. The van der Waals surface area contributed by atoms with Gasteiger partial charge in [0.25, 0.3) is 0 Å². The van der Waals surface area contributed by atoms with E-state index in [0.717, 1.165) is 13.0 Å². The largest absolute Gasteiger partial charge is 0.345 e. The van der Waals surface area contributed by atoms with E-state index in [1.165, 1.54) is 21.6 Å². The zero-order valence-corrected chi connectivity index (χ0v) is 12.0. The molecule has 2 aliphatic heterocycles. The number of rotatable bonds is 2. The molecule has 0 saturated carbocycles. The van der Waals surface area contributed by atoms with E-state index in [9.17, 15) is 0 Å². The molecule has 1 aromatic heterocycles. The van der Waals surface area contributed by atoms with Crippen molar-refractivity contribution in [1.82, 2.24) is 5.32 Å². The summed E-state index contributed by atoms with van der Waals surface area (Å²) in [5.41, 5.74) is 4.17. The van der Waals surface area contributed by atoms with E-state index in [-0.39, 0.29) is 6.29 Å². The first-order valence-electron chi connectivity index (χ1n) is 7.04. The topological polar surface area (TPSA) is 30.5 Å². The maximum absolute atomic E-state index is 5.58. The Bertz CT molecular complexity index is 604. The summed E-state index contributed by atoms with van der Waals surface area (Å²) in [6, 6.07) is 11.2. The van der Waals surface area contributed by atoms with Crippen LogP contribution in [0.25, 0.3) is 0 Å². The van der Waals surface area contributed by atoms with E-state index in [4.69, 9.17) is 9.47 Å². The lowest BCUT2D eigenvalue weighted by atomic mass is 9.91. The smallest absolute Gasteiger partial charge is 0.193 e. The van der Waals surface area contributed by atoms with Crippen LogP contribution in [0.4, 0.5) is 0 Å². The van der Waals surface area contributed by atoms with Crippen molar-refractivity contribution in [2.45, 2.75) is 18.8 Å². The molecule has 1 atom stereocenters. The van der Waals surface area contributed by atoms with Gasteiger partial charge in [0, 0.05) is 6.54 Å². The zero-order chi connectivity index (χ0) is 13.4. The van der Waals surface area contributed by atoms with Crippen LogP contribution in [-0.2, 0) is 15.9 Å². The van der Waals surface area contributed by atoms with Gasteiger partial charge in [0.1, 0.15) is 0 Å². The molecule has 20 heavy (non-hydrogen) atoms. The SMILES string of the molecule is c1ccc2c(c1)CCNC2c1csc(C2OCCO2)c1. The first-order valence-corrected chi connectivity index (χ1v) is 7.92. The van der Waals surface area contributed by atoms with Crippen molar-refractivity contribution in [2.24, 2.45) is 0 Å². The maximum atomic E-state index is 5.58. The Morgan fingerprint density at radius 3 is 2.90 bits per heavy atom. The van der Waals surface area contributed by atoms with E-state index >= 15 is 0 Å². The fraction of sp³-hybridized carbons (Fsp3) is 0.375. The fourth-order valence-electron chi connectivity index (χ4n) is 2.97. The van der Waals surface area contributed by atoms with Gasteiger partial charge in [0.15, 0.2) is 6.29 Å². The molecular formula is C16H17NO2S. The van der Waals surface area contributed by atoms with Crippen molar-refractivity contribution in [3.63, 3.8) is 0 Å². The van der Waals surface area contributed by atoms with E-state index < -0.39 is 0 Å². The van der Waals surface area contributed by atoms with E-state index in [1.807, 2.05) is 0 Å². The van der Waals surface area contributed by atoms with Crippen molar-refractivity contribution < 1.29 is 9.47 Å². The standard InChI is InChI=1S/C16H17NO2S/c1-2-4-13-11(3-1)5-6-17-15(13)12-9-14(20-10-12)16-18-7-8-19-16/h1-4,9-10,15-17H,5-8H2. The monoisotopic (exact) mass is 287 g/mol. The predicted molar refractivity (Wildman–Crippen MR) is 79.0 cm³/mol. The van der Waals surface area contributed by atoms with Crippen LogP contribution in [-0.4, -0.2) is 19.8 Å². The van der Waals surface area contributed by atoms with Gasteiger partial charge in [-0.1, -0.05) is 24.3 Å². The van der Waals surface area contributed by atoms with Crippen LogP contribution in [0.3, 0.4) is 0 Å². The molecule has 4 rings (SSSR count). The van der Waals surface area contributed by atoms with Gasteiger partial charge >= 0.3 is 0 Å². The first kappa shape index (κ1) is 12.5. The number of ether oxygens (including phenoxy) is 2. The van der Waals surface area contributed by atoms with Crippen LogP contribution >= 0.6 is 11.3 Å². The Morgan fingerprint density at radius 1 is 1.15 bits per heavy atom. The molecule has 4 heteroatoms. The van der Waals surface area contributed by atoms with Gasteiger partial charge in [0.2, 0.25) is 0 Å². The van der Waals surface area contributed by atoms with Gasteiger partial charge < -0.3 is 14.8 Å². The van der Waals surface area contributed by atoms with Crippen LogP contribution in [0, 0.1) is 0 Å². The minimum atomic E-state index is -0.160. The summed E-state index contributed by atoms with van der Waals surface area (Å²) >= 11 is 1.73. The fourth-order valence-corrected chi connectivity index (χ4v) is 3.90. The third-order valence-corrected chi connectivity index (χ3v) is 4.91. The summed E-state index contributed by atoms with van der Waals surface area (Å²) < 4.78 is 11.2. The van der Waals surface area contributed by atoms with Crippen molar-refractivity contribution >= 4 is 11.3 Å². The molecule has 0 aliphatic carbocycles. The normalized spacial score (nSPS) is 22.9. The average Bonchev–Trinajstić information content (AvgIpc) is 3.17. The molecule has 0 radical (unpaired) electrons. The second kappa shape index (κ2) is 5.30. The van der Waals surface area contributed by atoms with Crippen molar-refractivity contribution in [2.75, 3.05) is 19.8 Å². The summed E-state index contributed by atoms with van der Waals surface area (Å²) in [5, 5.41) is 5.84. The summed E-state index contributed by atoms with van der Waals surface area (Å²) in [5.74, 6) is 0. The number of thiophene rings is 1. The lowest BCUT2D eigenvalue weighted by molar-refractivity contribution is -0.0413. The molecule has 104 valence electrons. The minimum Gasteiger partial charge on any atom is -0.345 e. The van der Waals surface area contributed by atoms with Gasteiger partial charge in [-0.05, 0) is 34.6 Å². The molecule has 0 bridgehead atoms. The summed E-state index contributed by atoms with van der Waals surface area (Å²) in [7, 11) is 0. The van der Waals surface area contributed by atoms with Crippen molar-refractivity contribution in [1.29, 1.82) is 0 Å². The molecule has 1 N–H and O–H groups in total. The molecule has 0 amide bonds. The van der Waals surface area contributed by atoms with Gasteiger partial charge in [-0.15, -0.1) is 11.3 Å². The van der Waals surface area contributed by atoms with E-state index in [1.54, 1.807) is 11.3 Å². The number of hydrogen-bond donors (Lipinski definition) is 1. The number of benzene rings is 1. The molecule has 1 fully saturated rings. The number of fused-ring (bicyclic) bond motifs is 1. The molecular weight excluding hydrogens is 270 g/mol. The van der Waals surface area contributed by atoms with Gasteiger partial charge in [0.05, 0.1) is 24.1 Å². The lowest BCUT2D eigenvalue weighted by Gasteiger charge is -2.26. The predicted octanol–water partition coefficient (Wildman–Crippen LogP) is 3.03. The van der Waals surface area contributed by atoms with Gasteiger partial charge in [-0.3, -0.25) is 0 Å². The Labute approximate surface area is 122 Å². The minimum absolute atomic E-state index is 0.160. The first-order chi connectivity index (χ1) is 9.92. The van der Waals surface area contributed by atoms with Crippen molar-refractivity contribution in [3.8, 4) is 0 Å². The van der Waals surface area contributed by atoms with Crippen LogP contribution < -0.4 is 5.32 Å². The third kappa shape index (κ3) is 2.19. The molecule has 2 aromatic rings. The highest BCUT2D eigenvalue weighted by Crippen LogP contribution is 2.35. The molecule has 3 heterocycles.